The van der Waals surface area contributed by atoms with Gasteiger partial charge in [0.15, 0.2) is 11.6 Å². The van der Waals surface area contributed by atoms with Crippen LogP contribution in [0.4, 0.5) is 14.5 Å². The molecule has 0 radical (unpaired) electrons. The summed E-state index contributed by atoms with van der Waals surface area (Å²) >= 11 is 0. The molecule has 4 heterocycles. The van der Waals surface area contributed by atoms with Gasteiger partial charge in [-0.15, -0.1) is 0 Å². The summed E-state index contributed by atoms with van der Waals surface area (Å²) < 4.78 is 40.9. The Balaban J connectivity index is 1.30. The molecule has 10 heteroatoms. The molecule has 0 aliphatic carbocycles. The molecule has 8 nitrogen and oxygen atoms in total. The summed E-state index contributed by atoms with van der Waals surface area (Å²) in [5.41, 5.74) is 0.934. The minimum absolute atomic E-state index is 0.0469. The lowest BCUT2D eigenvalue weighted by molar-refractivity contribution is 0.102. The van der Waals surface area contributed by atoms with Crippen LogP contribution in [0.25, 0.3) is 16.7 Å². The van der Waals surface area contributed by atoms with Gasteiger partial charge in [-0.25, -0.2) is 13.8 Å². The van der Waals surface area contributed by atoms with Crippen molar-refractivity contribution in [3.8, 4) is 22.9 Å². The van der Waals surface area contributed by atoms with Gasteiger partial charge in [-0.3, -0.25) is 14.2 Å². The lowest BCUT2D eigenvalue weighted by Crippen LogP contribution is -2.29. The van der Waals surface area contributed by atoms with E-state index >= 15 is 0 Å². The Kier molecular flexibility index (Phi) is 5.41. The maximum Gasteiger partial charge on any atom is 0.271 e. The molecular weight excluding hydrogens is 482 g/mol. The number of benzene rings is 2. The molecule has 1 aliphatic heterocycles. The Bertz CT molecular complexity index is 1730. The van der Waals surface area contributed by atoms with Gasteiger partial charge in [0.25, 0.3) is 11.5 Å². The number of carbonyl (C=O) groups is 1. The summed E-state index contributed by atoms with van der Waals surface area (Å²) in [5, 5.41) is 3.26. The van der Waals surface area contributed by atoms with Crippen molar-refractivity contribution in [1.82, 2.24) is 14.5 Å². The maximum atomic E-state index is 14.9. The second-order valence-corrected chi connectivity index (χ2v) is 8.36. The zero-order valence-corrected chi connectivity index (χ0v) is 19.1. The average molecular weight is 500 g/mol. The molecule has 3 aromatic heterocycles. The number of ether oxygens (including phenoxy) is 2. The number of H-pyrrole nitrogens is 1. The number of aromatic amines is 1. The summed E-state index contributed by atoms with van der Waals surface area (Å²) in [4.78, 5) is 33.6. The lowest BCUT2D eigenvalue weighted by atomic mass is 10.1. The van der Waals surface area contributed by atoms with Gasteiger partial charge < -0.3 is 19.8 Å². The molecule has 6 rings (SSSR count). The van der Waals surface area contributed by atoms with E-state index in [1.54, 1.807) is 30.7 Å². The SMILES string of the molecule is O=C(Nc1ccc(Oc2ccnc3[nH]ccc23)c(F)c1)c1c2c(cn(-c3ccc(F)cc3)c1=O)CCO2. The van der Waals surface area contributed by atoms with Gasteiger partial charge in [-0.1, -0.05) is 0 Å². The summed E-state index contributed by atoms with van der Waals surface area (Å²) in [5.74, 6) is -1.35. The number of fused-ring (bicyclic) bond motifs is 2. The van der Waals surface area contributed by atoms with Crippen molar-refractivity contribution < 1.29 is 23.0 Å². The number of rotatable bonds is 5. The van der Waals surface area contributed by atoms with E-state index in [1.807, 2.05) is 0 Å². The van der Waals surface area contributed by atoms with Gasteiger partial charge in [-0.05, 0) is 48.5 Å². The normalized spacial score (nSPS) is 12.3. The van der Waals surface area contributed by atoms with Crippen LogP contribution in [-0.4, -0.2) is 27.0 Å². The average Bonchev–Trinajstić information content (AvgIpc) is 3.56. The second-order valence-electron chi connectivity index (χ2n) is 8.36. The van der Waals surface area contributed by atoms with Crippen molar-refractivity contribution in [3.63, 3.8) is 0 Å². The number of pyridine rings is 2. The fourth-order valence-electron chi connectivity index (χ4n) is 4.25. The van der Waals surface area contributed by atoms with Crippen molar-refractivity contribution >= 4 is 22.6 Å². The van der Waals surface area contributed by atoms with E-state index in [-0.39, 0.29) is 22.7 Å². The monoisotopic (exact) mass is 500 g/mol. The lowest BCUT2D eigenvalue weighted by Gasteiger charge is -2.14. The van der Waals surface area contributed by atoms with Gasteiger partial charge in [0.05, 0.1) is 12.0 Å². The Morgan fingerprint density at radius 2 is 1.92 bits per heavy atom. The third-order valence-corrected chi connectivity index (χ3v) is 6.02. The number of nitrogens with one attached hydrogen (secondary N) is 2. The van der Waals surface area contributed by atoms with Gasteiger partial charge in [0.1, 0.15) is 28.5 Å². The van der Waals surface area contributed by atoms with E-state index in [2.05, 4.69) is 15.3 Å². The Morgan fingerprint density at radius 1 is 1.08 bits per heavy atom. The third-order valence-electron chi connectivity index (χ3n) is 6.02. The third kappa shape index (κ3) is 4.08. The minimum Gasteiger partial charge on any atom is -0.492 e. The van der Waals surface area contributed by atoms with E-state index in [0.717, 1.165) is 6.07 Å². The molecule has 2 N–H and O–H groups in total. The van der Waals surface area contributed by atoms with Gasteiger partial charge in [-0.2, -0.15) is 0 Å². The van der Waals surface area contributed by atoms with E-state index in [9.17, 15) is 18.4 Å². The van der Waals surface area contributed by atoms with Crippen LogP contribution in [0.1, 0.15) is 15.9 Å². The van der Waals surface area contributed by atoms with E-state index in [0.29, 0.717) is 41.1 Å². The first-order chi connectivity index (χ1) is 18.0. The molecule has 37 heavy (non-hydrogen) atoms. The summed E-state index contributed by atoms with van der Waals surface area (Å²) in [6.45, 7) is 0.312. The Labute approximate surface area is 208 Å². The van der Waals surface area contributed by atoms with Crippen LogP contribution >= 0.6 is 0 Å². The van der Waals surface area contributed by atoms with E-state index in [1.165, 1.54) is 41.0 Å². The van der Waals surface area contributed by atoms with Gasteiger partial charge >= 0.3 is 0 Å². The van der Waals surface area contributed by atoms with Crippen LogP contribution in [0.5, 0.6) is 17.2 Å². The number of halogens is 2. The van der Waals surface area contributed by atoms with E-state index < -0.39 is 23.1 Å². The van der Waals surface area contributed by atoms with Crippen LogP contribution in [0, 0.1) is 11.6 Å². The second kappa shape index (κ2) is 8.90. The molecule has 0 spiro atoms. The number of anilines is 1. The zero-order chi connectivity index (χ0) is 25.5. The topological polar surface area (TPSA) is 98.2 Å². The molecule has 184 valence electrons. The molecule has 1 amide bonds. The number of hydrogen-bond acceptors (Lipinski definition) is 5. The van der Waals surface area contributed by atoms with Crippen molar-refractivity contribution in [2.24, 2.45) is 0 Å². The molecule has 1 aliphatic rings. The number of hydrogen-bond donors (Lipinski definition) is 2. The predicted octanol–water partition coefficient (Wildman–Crippen LogP) is 4.97. The fourth-order valence-corrected chi connectivity index (χ4v) is 4.25. The van der Waals surface area contributed by atoms with Crippen molar-refractivity contribution in [2.45, 2.75) is 6.42 Å². The molecule has 0 saturated heterocycles. The largest absolute Gasteiger partial charge is 0.492 e. The maximum absolute atomic E-state index is 14.9. The highest BCUT2D eigenvalue weighted by Gasteiger charge is 2.27. The first kappa shape index (κ1) is 22.5. The van der Waals surface area contributed by atoms with Gasteiger partial charge in [0, 0.05) is 48.0 Å². The molecule has 0 fully saturated rings. The smallest absolute Gasteiger partial charge is 0.271 e. The molecule has 5 aromatic rings. The van der Waals surface area contributed by atoms with Crippen LogP contribution in [0.15, 0.2) is 78.0 Å². The molecular formula is C27H18F2N4O4. The van der Waals surface area contributed by atoms with Crippen LogP contribution in [0.2, 0.25) is 0 Å². The summed E-state index contributed by atoms with van der Waals surface area (Å²) in [6.07, 6.45) is 5.33. The number of carbonyl (C=O) groups excluding carboxylic acids is 1. The van der Waals surface area contributed by atoms with Gasteiger partial charge in [0.2, 0.25) is 0 Å². The van der Waals surface area contributed by atoms with Crippen LogP contribution < -0.4 is 20.3 Å². The van der Waals surface area contributed by atoms with Crippen LogP contribution in [-0.2, 0) is 6.42 Å². The Morgan fingerprint density at radius 3 is 2.73 bits per heavy atom. The quantitative estimate of drug-likeness (QED) is 0.355. The van der Waals surface area contributed by atoms with Crippen molar-refractivity contribution in [2.75, 3.05) is 11.9 Å². The first-order valence-electron chi connectivity index (χ1n) is 11.4. The predicted molar refractivity (Wildman–Crippen MR) is 132 cm³/mol. The van der Waals surface area contributed by atoms with E-state index in [4.69, 9.17) is 9.47 Å². The molecule has 0 atom stereocenters. The summed E-state index contributed by atoms with van der Waals surface area (Å²) in [6, 6.07) is 12.7. The molecule has 0 saturated carbocycles. The molecule has 0 bridgehead atoms. The zero-order valence-electron chi connectivity index (χ0n) is 19.1. The van der Waals surface area contributed by atoms with Crippen molar-refractivity contribution in [1.29, 1.82) is 0 Å². The molecule has 2 aromatic carbocycles. The number of aromatic nitrogens is 3. The highest BCUT2D eigenvalue weighted by Crippen LogP contribution is 2.32. The number of amides is 1. The van der Waals surface area contributed by atoms with Crippen molar-refractivity contribution in [3.05, 3.63) is 106 Å². The Hall–Kier alpha value is -4.99. The highest BCUT2D eigenvalue weighted by atomic mass is 19.1. The first-order valence-corrected chi connectivity index (χ1v) is 11.4. The van der Waals surface area contributed by atoms with Crippen LogP contribution in [0.3, 0.4) is 0 Å². The highest BCUT2D eigenvalue weighted by molar-refractivity contribution is 6.06. The fraction of sp³-hybridized carbons (Fsp3) is 0.0741. The number of nitrogens with zero attached hydrogens (tertiary/aromatic N) is 2. The standard InChI is InChI=1S/C27H18F2N4O4/c28-16-1-4-18(5-2-16)33-14-15-9-12-36-24(15)23(27(33)35)26(34)32-17-3-6-22(20(29)13-17)37-21-8-11-31-25-19(21)7-10-30-25/h1-8,10-11,13-14H,9,12H2,(H,30,31)(H,32,34). The minimum atomic E-state index is -0.754. The molecule has 0 unspecified atom stereocenters. The summed E-state index contributed by atoms with van der Waals surface area (Å²) in [7, 11) is 0.